The minimum Gasteiger partial charge on any atom is -0.381 e. The van der Waals surface area contributed by atoms with Gasteiger partial charge in [0.05, 0.1) is 19.8 Å². The molecule has 0 atom stereocenters. The minimum atomic E-state index is -0.874. The lowest BCUT2D eigenvalue weighted by molar-refractivity contribution is -0.384. The molecule has 146 valence electrons. The van der Waals surface area contributed by atoms with Crippen LogP contribution in [0.4, 0.5) is 0 Å². The quantitative estimate of drug-likeness (QED) is 0.197. The second-order valence-corrected chi connectivity index (χ2v) is 7.36. The molecular formula is C19H42O4Si. The largest absolute Gasteiger partial charge is 0.381 e. The van der Waals surface area contributed by atoms with Crippen molar-refractivity contribution in [1.29, 1.82) is 0 Å². The number of hydrogen-bond donors (Lipinski definition) is 0. The van der Waals surface area contributed by atoms with E-state index < -0.39 is 5.97 Å². The van der Waals surface area contributed by atoms with E-state index in [1.165, 1.54) is 22.7 Å². The lowest BCUT2D eigenvalue weighted by atomic mass is 10.2. The van der Waals surface area contributed by atoms with Crippen LogP contribution >= 0.6 is 0 Å². The summed E-state index contributed by atoms with van der Waals surface area (Å²) in [6.07, 6.45) is 9.28. The van der Waals surface area contributed by atoms with Crippen molar-refractivity contribution in [2.24, 2.45) is 0 Å². The van der Waals surface area contributed by atoms with Gasteiger partial charge in [-0.2, -0.15) is 0 Å². The van der Waals surface area contributed by atoms with E-state index in [4.69, 9.17) is 18.9 Å². The first-order valence-corrected chi connectivity index (χ1v) is 11.7. The van der Waals surface area contributed by atoms with E-state index in [0.717, 1.165) is 64.6 Å². The predicted octanol–water partition coefficient (Wildman–Crippen LogP) is 4.06. The maximum absolute atomic E-state index is 6.10. The van der Waals surface area contributed by atoms with Crippen molar-refractivity contribution in [1.82, 2.24) is 0 Å². The van der Waals surface area contributed by atoms with Crippen LogP contribution in [0.1, 0.15) is 78.6 Å². The van der Waals surface area contributed by atoms with Gasteiger partial charge in [-0.1, -0.05) is 46.1 Å². The Morgan fingerprint density at radius 3 is 1.50 bits per heavy atom. The summed E-state index contributed by atoms with van der Waals surface area (Å²) in [6, 6.07) is 1.31. The molecule has 0 N–H and O–H groups in total. The fourth-order valence-corrected chi connectivity index (χ4v) is 2.49. The van der Waals surface area contributed by atoms with Crippen LogP contribution in [-0.4, -0.2) is 49.3 Å². The third-order valence-corrected chi connectivity index (χ3v) is 4.58. The molecule has 0 saturated heterocycles. The fraction of sp³-hybridized carbons (Fsp3) is 1.00. The molecule has 0 aliphatic heterocycles. The van der Waals surface area contributed by atoms with Crippen molar-refractivity contribution in [3.8, 4) is 0 Å². The van der Waals surface area contributed by atoms with Crippen LogP contribution in [0, 0.1) is 0 Å². The summed E-state index contributed by atoms with van der Waals surface area (Å²) < 4.78 is 24.0. The first-order valence-electron chi connectivity index (χ1n) is 10.2. The van der Waals surface area contributed by atoms with Gasteiger partial charge in [0.15, 0.2) is 0 Å². The zero-order valence-corrected chi connectivity index (χ0v) is 18.7. The third-order valence-electron chi connectivity index (χ3n) is 3.87. The summed E-state index contributed by atoms with van der Waals surface area (Å²) in [6.45, 7) is 10.2. The Bertz CT molecular complexity index is 225. The van der Waals surface area contributed by atoms with Crippen molar-refractivity contribution >= 4 is 10.2 Å². The first kappa shape index (κ1) is 24.1. The van der Waals surface area contributed by atoms with E-state index in [1.807, 2.05) is 0 Å². The lowest BCUT2D eigenvalue weighted by Crippen LogP contribution is -2.40. The minimum absolute atomic E-state index is 0.691. The van der Waals surface area contributed by atoms with E-state index >= 15 is 0 Å². The average Bonchev–Trinajstić information content (AvgIpc) is 2.58. The molecule has 0 saturated carbocycles. The number of rotatable bonds is 19. The van der Waals surface area contributed by atoms with E-state index in [2.05, 4.69) is 20.8 Å². The highest BCUT2D eigenvalue weighted by Crippen LogP contribution is 2.24. The van der Waals surface area contributed by atoms with Crippen molar-refractivity contribution in [2.75, 3.05) is 33.0 Å². The Balaban J connectivity index is 4.48. The third kappa shape index (κ3) is 13.4. The molecule has 0 rings (SSSR count). The highest BCUT2D eigenvalue weighted by Gasteiger charge is 2.33. The van der Waals surface area contributed by atoms with Crippen LogP contribution in [0.2, 0.25) is 6.04 Å². The van der Waals surface area contributed by atoms with Crippen LogP contribution in [0.5, 0.6) is 0 Å². The summed E-state index contributed by atoms with van der Waals surface area (Å²) in [7, 11) is 1.26. The molecular weight excluding hydrogens is 320 g/mol. The van der Waals surface area contributed by atoms with E-state index in [-0.39, 0.29) is 0 Å². The molecule has 0 amide bonds. The number of unbranched alkanes of at least 4 members (excludes halogenated alkanes) is 3. The van der Waals surface area contributed by atoms with Gasteiger partial charge in [0.2, 0.25) is 0 Å². The second kappa shape index (κ2) is 17.9. The maximum atomic E-state index is 6.10. The zero-order chi connectivity index (χ0) is 17.9. The second-order valence-electron chi connectivity index (χ2n) is 6.36. The van der Waals surface area contributed by atoms with E-state index in [9.17, 15) is 0 Å². The maximum Gasteiger partial charge on any atom is 0.282 e. The Kier molecular flexibility index (Phi) is 17.9. The van der Waals surface area contributed by atoms with Gasteiger partial charge >= 0.3 is 0 Å². The van der Waals surface area contributed by atoms with Gasteiger partial charge in [0.25, 0.3) is 5.97 Å². The Hall–Kier alpha value is 0.0569. The van der Waals surface area contributed by atoms with Gasteiger partial charge in [-0.05, 0) is 32.1 Å². The topological polar surface area (TPSA) is 36.9 Å². The summed E-state index contributed by atoms with van der Waals surface area (Å²) in [5, 5.41) is 0. The molecule has 0 aliphatic rings. The summed E-state index contributed by atoms with van der Waals surface area (Å²) in [5.74, 6) is -0.874. The predicted molar refractivity (Wildman–Crippen MR) is 105 cm³/mol. The van der Waals surface area contributed by atoms with Gasteiger partial charge in [0.1, 0.15) is 0 Å². The molecule has 5 heteroatoms. The molecule has 0 fully saturated rings. The van der Waals surface area contributed by atoms with Gasteiger partial charge in [-0.15, -0.1) is 0 Å². The normalized spacial score (nSPS) is 12.1. The Morgan fingerprint density at radius 1 is 0.625 bits per heavy atom. The van der Waals surface area contributed by atoms with Gasteiger partial charge in [0, 0.05) is 29.9 Å². The molecule has 0 aromatic heterocycles. The van der Waals surface area contributed by atoms with Crippen molar-refractivity contribution < 1.29 is 18.9 Å². The molecule has 0 unspecified atom stereocenters. The van der Waals surface area contributed by atoms with Crippen molar-refractivity contribution in [3.05, 3.63) is 0 Å². The molecule has 4 nitrogen and oxygen atoms in total. The standard InChI is InChI=1S/C19H42O4Si/c1-4-7-15-21-19(22-16-8-5-2,23-17-9-6-3)12-10-13-20-14-11-18-24/h4-18H2,1-3,24H3. The summed E-state index contributed by atoms with van der Waals surface area (Å²) >= 11 is 0. The van der Waals surface area contributed by atoms with Crippen LogP contribution in [0.3, 0.4) is 0 Å². The molecule has 0 aromatic carbocycles. The zero-order valence-electron chi connectivity index (χ0n) is 16.7. The van der Waals surface area contributed by atoms with Crippen molar-refractivity contribution in [2.45, 2.75) is 90.6 Å². The van der Waals surface area contributed by atoms with Crippen LogP contribution in [0.15, 0.2) is 0 Å². The fourth-order valence-electron chi connectivity index (χ4n) is 2.20. The molecule has 0 aliphatic carbocycles. The highest BCUT2D eigenvalue weighted by atomic mass is 28.1. The van der Waals surface area contributed by atoms with Crippen molar-refractivity contribution in [3.63, 3.8) is 0 Å². The molecule has 0 spiro atoms. The van der Waals surface area contributed by atoms with Gasteiger partial charge in [-0.25, -0.2) is 0 Å². The average molecular weight is 363 g/mol. The molecule has 24 heavy (non-hydrogen) atoms. The molecule has 0 radical (unpaired) electrons. The monoisotopic (exact) mass is 362 g/mol. The highest BCUT2D eigenvalue weighted by molar-refractivity contribution is 6.08. The van der Waals surface area contributed by atoms with Gasteiger partial charge in [-0.3, -0.25) is 0 Å². The van der Waals surface area contributed by atoms with E-state index in [1.54, 1.807) is 0 Å². The number of hydrogen-bond acceptors (Lipinski definition) is 4. The van der Waals surface area contributed by atoms with Gasteiger partial charge < -0.3 is 18.9 Å². The molecule has 0 heterocycles. The van der Waals surface area contributed by atoms with E-state index in [0.29, 0.717) is 19.8 Å². The smallest absolute Gasteiger partial charge is 0.282 e. The van der Waals surface area contributed by atoms with Crippen LogP contribution in [0.25, 0.3) is 0 Å². The lowest BCUT2D eigenvalue weighted by Gasteiger charge is -2.33. The van der Waals surface area contributed by atoms with Crippen LogP contribution < -0.4 is 0 Å². The first-order chi connectivity index (χ1) is 11.7. The summed E-state index contributed by atoms with van der Waals surface area (Å²) in [4.78, 5) is 0. The van der Waals surface area contributed by atoms with Crippen LogP contribution in [-0.2, 0) is 18.9 Å². The SMILES string of the molecule is CCCCOC(CCCOCCC[SiH3])(OCCCC)OCCCC. The molecule has 0 bridgehead atoms. The summed E-state index contributed by atoms with van der Waals surface area (Å²) in [5.41, 5.74) is 0. The molecule has 0 aromatic rings. The Labute approximate surface area is 153 Å². The number of ether oxygens (including phenoxy) is 4. The Morgan fingerprint density at radius 2 is 1.08 bits per heavy atom.